The van der Waals surface area contributed by atoms with Crippen molar-refractivity contribution in [3.05, 3.63) is 18.2 Å². The summed E-state index contributed by atoms with van der Waals surface area (Å²) < 4.78 is 2.60. The van der Waals surface area contributed by atoms with Gasteiger partial charge in [0, 0.05) is 0 Å². The number of imidazole rings is 1. The van der Waals surface area contributed by atoms with Crippen LogP contribution in [0.2, 0.25) is 0 Å². The van der Waals surface area contributed by atoms with Crippen LogP contribution in [0.1, 0.15) is 212 Å². The van der Waals surface area contributed by atoms with Gasteiger partial charge in [0.25, 0.3) is 5.82 Å². The number of aromatic nitrogens is 2. The smallest absolute Gasteiger partial charge is 0.247 e. The van der Waals surface area contributed by atoms with Crippen molar-refractivity contribution in [2.24, 2.45) is 0 Å². The molecule has 1 N–H and O–H groups in total. The zero-order valence-electron chi connectivity index (χ0n) is 26.1. The molecule has 0 aliphatic rings. The number of rotatable bonds is 28. The SMILES string of the molecule is CCCCCCCCCCCCCCCCCC(C)[n+]1cc[nH]c1C(CCCC)CCCCCCCC. The first-order valence-electron chi connectivity index (χ1n) is 17.3. The Kier molecular flexibility index (Phi) is 23.6. The van der Waals surface area contributed by atoms with Gasteiger partial charge in [-0.2, -0.15) is 0 Å². The molecule has 218 valence electrons. The van der Waals surface area contributed by atoms with Gasteiger partial charge in [0.15, 0.2) is 0 Å². The lowest BCUT2D eigenvalue weighted by Gasteiger charge is -2.17. The highest BCUT2D eigenvalue weighted by Crippen LogP contribution is 2.26. The second-order valence-corrected chi connectivity index (χ2v) is 12.2. The van der Waals surface area contributed by atoms with E-state index in [1.54, 1.807) is 0 Å². The van der Waals surface area contributed by atoms with Crippen LogP contribution in [0, 0.1) is 0 Å². The fraction of sp³-hybridized carbons (Fsp3) is 0.914. The predicted octanol–water partition coefficient (Wildman–Crippen LogP) is 12.1. The number of nitrogens with one attached hydrogen (secondary N) is 1. The van der Waals surface area contributed by atoms with Gasteiger partial charge in [-0.3, -0.25) is 0 Å². The molecule has 0 amide bonds. The van der Waals surface area contributed by atoms with E-state index in [4.69, 9.17) is 0 Å². The van der Waals surface area contributed by atoms with Crippen molar-refractivity contribution in [1.82, 2.24) is 4.98 Å². The van der Waals surface area contributed by atoms with E-state index in [2.05, 4.69) is 49.6 Å². The molecule has 0 bridgehead atoms. The Morgan fingerprint density at radius 1 is 0.514 bits per heavy atom. The minimum absolute atomic E-state index is 0.622. The van der Waals surface area contributed by atoms with E-state index in [1.165, 1.54) is 173 Å². The maximum atomic E-state index is 3.67. The third kappa shape index (κ3) is 18.2. The molecule has 1 rings (SSSR count). The van der Waals surface area contributed by atoms with E-state index in [-0.39, 0.29) is 0 Å². The van der Waals surface area contributed by atoms with E-state index in [1.807, 2.05) is 0 Å². The summed E-state index contributed by atoms with van der Waals surface area (Å²) in [6.07, 6.45) is 41.3. The van der Waals surface area contributed by atoms with Gasteiger partial charge in [-0.1, -0.05) is 162 Å². The van der Waals surface area contributed by atoms with Crippen molar-refractivity contribution in [1.29, 1.82) is 0 Å². The number of H-pyrrole nitrogens is 1. The molecule has 2 heteroatoms. The van der Waals surface area contributed by atoms with Gasteiger partial charge >= 0.3 is 0 Å². The summed E-state index contributed by atoms with van der Waals surface area (Å²) in [4.78, 5) is 3.67. The molecule has 2 nitrogen and oxygen atoms in total. The molecule has 2 atom stereocenters. The molecule has 0 radical (unpaired) electrons. The lowest BCUT2D eigenvalue weighted by molar-refractivity contribution is -0.727. The van der Waals surface area contributed by atoms with Crippen molar-refractivity contribution in [3.8, 4) is 0 Å². The first kappa shape index (κ1) is 34.2. The predicted molar refractivity (Wildman–Crippen MR) is 166 cm³/mol. The Bertz CT molecular complexity index is 578. The average Bonchev–Trinajstić information content (AvgIpc) is 3.40. The molecule has 1 aromatic rings. The van der Waals surface area contributed by atoms with Crippen LogP contribution in [-0.2, 0) is 0 Å². The molecular formula is C35H69N2+. The van der Waals surface area contributed by atoms with Crippen molar-refractivity contribution in [2.75, 3.05) is 0 Å². The zero-order valence-corrected chi connectivity index (χ0v) is 26.1. The molecule has 1 aromatic heterocycles. The van der Waals surface area contributed by atoms with Crippen LogP contribution >= 0.6 is 0 Å². The van der Waals surface area contributed by atoms with Crippen LogP contribution in [0.5, 0.6) is 0 Å². The quantitative estimate of drug-likeness (QED) is 0.0842. The second kappa shape index (κ2) is 25.5. The standard InChI is InChI=1S/C35H68N2/c1-5-8-11-13-15-16-17-18-19-20-21-22-23-24-26-28-33(4)37-32-31-36-35(37)34(29-10-7-3)30-27-25-14-12-9-6-2/h31-34H,5-30H2,1-4H3/p+1. The third-order valence-electron chi connectivity index (χ3n) is 8.64. The minimum Gasteiger partial charge on any atom is -0.247 e. The summed E-state index contributed by atoms with van der Waals surface area (Å²) in [5, 5.41) is 0. The molecule has 0 saturated heterocycles. The van der Waals surface area contributed by atoms with Crippen LogP contribution < -0.4 is 4.57 Å². The van der Waals surface area contributed by atoms with Gasteiger partial charge in [0.1, 0.15) is 12.4 Å². The number of nitrogens with zero attached hydrogens (tertiary/aromatic N) is 1. The van der Waals surface area contributed by atoms with Crippen LogP contribution in [0.4, 0.5) is 0 Å². The normalized spacial score (nSPS) is 13.3. The van der Waals surface area contributed by atoms with Crippen LogP contribution in [0.3, 0.4) is 0 Å². The van der Waals surface area contributed by atoms with Gasteiger partial charge in [0.2, 0.25) is 0 Å². The molecular weight excluding hydrogens is 448 g/mol. The number of hydrogen-bond acceptors (Lipinski definition) is 0. The van der Waals surface area contributed by atoms with Crippen molar-refractivity contribution in [2.45, 2.75) is 207 Å². The lowest BCUT2D eigenvalue weighted by Crippen LogP contribution is -2.41. The second-order valence-electron chi connectivity index (χ2n) is 12.2. The van der Waals surface area contributed by atoms with E-state index in [0.29, 0.717) is 12.0 Å². The first-order chi connectivity index (χ1) is 18.2. The monoisotopic (exact) mass is 518 g/mol. The third-order valence-corrected chi connectivity index (χ3v) is 8.64. The van der Waals surface area contributed by atoms with E-state index in [0.717, 1.165) is 0 Å². The molecule has 0 fully saturated rings. The maximum Gasteiger partial charge on any atom is 0.257 e. The number of hydrogen-bond donors (Lipinski definition) is 1. The molecule has 0 aromatic carbocycles. The van der Waals surface area contributed by atoms with Crippen molar-refractivity contribution >= 4 is 0 Å². The first-order valence-corrected chi connectivity index (χ1v) is 17.3. The Morgan fingerprint density at radius 2 is 0.892 bits per heavy atom. The molecule has 2 unspecified atom stereocenters. The zero-order chi connectivity index (χ0) is 26.8. The maximum absolute atomic E-state index is 3.67. The molecule has 0 spiro atoms. The van der Waals surface area contributed by atoms with Gasteiger partial charge < -0.3 is 0 Å². The van der Waals surface area contributed by atoms with Crippen molar-refractivity contribution < 1.29 is 4.57 Å². The number of unbranched alkanes of at least 4 members (excludes halogenated alkanes) is 20. The lowest BCUT2D eigenvalue weighted by atomic mass is 9.93. The average molecular weight is 518 g/mol. The fourth-order valence-corrected chi connectivity index (χ4v) is 6.06. The van der Waals surface area contributed by atoms with Crippen molar-refractivity contribution in [3.63, 3.8) is 0 Å². The highest BCUT2D eigenvalue weighted by atomic mass is 15.1. The highest BCUT2D eigenvalue weighted by molar-refractivity contribution is 4.90. The molecule has 0 saturated carbocycles. The Morgan fingerprint density at radius 3 is 1.35 bits per heavy atom. The highest BCUT2D eigenvalue weighted by Gasteiger charge is 2.25. The summed E-state index contributed by atoms with van der Waals surface area (Å²) in [6.45, 7) is 9.40. The largest absolute Gasteiger partial charge is 0.257 e. The summed E-state index contributed by atoms with van der Waals surface area (Å²) in [5.41, 5.74) is 0. The van der Waals surface area contributed by atoms with E-state index >= 15 is 0 Å². The fourth-order valence-electron chi connectivity index (χ4n) is 6.06. The van der Waals surface area contributed by atoms with Gasteiger partial charge in [-0.05, 0) is 32.6 Å². The Hall–Kier alpha value is -0.790. The molecule has 0 aliphatic heterocycles. The summed E-state index contributed by atoms with van der Waals surface area (Å²) >= 11 is 0. The molecule has 0 aliphatic carbocycles. The summed E-state index contributed by atoms with van der Waals surface area (Å²) in [6, 6.07) is 0.622. The van der Waals surface area contributed by atoms with Gasteiger partial charge in [-0.15, -0.1) is 0 Å². The summed E-state index contributed by atoms with van der Waals surface area (Å²) in [7, 11) is 0. The topological polar surface area (TPSA) is 19.7 Å². The van der Waals surface area contributed by atoms with Gasteiger partial charge in [-0.25, -0.2) is 9.55 Å². The molecule has 37 heavy (non-hydrogen) atoms. The Balaban J connectivity index is 2.17. The van der Waals surface area contributed by atoms with Crippen LogP contribution in [-0.4, -0.2) is 4.98 Å². The molecule has 1 heterocycles. The van der Waals surface area contributed by atoms with E-state index < -0.39 is 0 Å². The summed E-state index contributed by atoms with van der Waals surface area (Å²) in [5.74, 6) is 2.22. The minimum atomic E-state index is 0.622. The number of aromatic amines is 1. The van der Waals surface area contributed by atoms with E-state index in [9.17, 15) is 0 Å². The van der Waals surface area contributed by atoms with Crippen LogP contribution in [0.25, 0.3) is 0 Å². The van der Waals surface area contributed by atoms with Gasteiger partial charge in [0.05, 0.1) is 12.0 Å². The van der Waals surface area contributed by atoms with Crippen LogP contribution in [0.15, 0.2) is 12.4 Å². The Labute approximate surface area is 234 Å².